The van der Waals surface area contributed by atoms with E-state index in [0.29, 0.717) is 17.1 Å². The van der Waals surface area contributed by atoms with Crippen molar-refractivity contribution in [3.8, 4) is 17.2 Å². The zero-order valence-corrected chi connectivity index (χ0v) is 22.8. The van der Waals surface area contributed by atoms with E-state index in [-0.39, 0.29) is 46.5 Å². The maximum absolute atomic E-state index is 14.6. The number of halogens is 3. The van der Waals surface area contributed by atoms with Crippen LogP contribution in [0.15, 0.2) is 89.8 Å². The maximum atomic E-state index is 14.6. The number of hydrogen-bond donors (Lipinski definition) is 0. The molecule has 0 aromatic heterocycles. The molecular weight excluding hydrogens is 548 g/mol. The molecule has 4 aromatic carbocycles. The molecule has 0 aliphatic rings. The van der Waals surface area contributed by atoms with Crippen molar-refractivity contribution >= 4 is 27.3 Å². The van der Waals surface area contributed by atoms with Gasteiger partial charge < -0.3 is 14.2 Å². The third kappa shape index (κ3) is 6.43. The summed E-state index contributed by atoms with van der Waals surface area (Å²) in [7, 11) is -1.38. The molecule has 4 rings (SSSR count). The van der Waals surface area contributed by atoms with Gasteiger partial charge in [0.25, 0.3) is 10.0 Å². The molecule has 6 nitrogen and oxygen atoms in total. The Hall–Kier alpha value is -3.82. The zero-order chi connectivity index (χ0) is 28.0. The van der Waals surface area contributed by atoms with Gasteiger partial charge in [-0.15, -0.1) is 0 Å². The van der Waals surface area contributed by atoms with Gasteiger partial charge in [-0.2, -0.15) is 0 Å². The number of sulfonamides is 1. The van der Waals surface area contributed by atoms with Crippen LogP contribution in [-0.4, -0.2) is 35.8 Å². The number of ether oxygens (including phenoxy) is 3. The van der Waals surface area contributed by atoms with E-state index in [0.717, 1.165) is 16.4 Å². The lowest BCUT2D eigenvalue weighted by atomic mass is 10.0. The third-order valence-electron chi connectivity index (χ3n) is 5.99. The highest BCUT2D eigenvalue weighted by atomic mass is 35.5. The lowest BCUT2D eigenvalue weighted by Gasteiger charge is -2.27. The first kappa shape index (κ1) is 28.2. The van der Waals surface area contributed by atoms with Gasteiger partial charge >= 0.3 is 0 Å². The van der Waals surface area contributed by atoms with E-state index in [4.69, 9.17) is 25.8 Å². The standard InChI is InChI=1S/C29H26ClF2NO5S/c1-36-28-14-12-23(19-29(28)37-2)39(34,35)33(15-16-38-22-7-4-3-5-8-22)27-13-11-21(30)17-20(27)18-24-25(31)9-6-10-26(24)32/h3-14,17,19H,15-16,18H2,1-2H3. The second-order valence-corrected chi connectivity index (χ2v) is 10.7. The predicted molar refractivity (Wildman–Crippen MR) is 147 cm³/mol. The fourth-order valence-electron chi connectivity index (χ4n) is 4.07. The smallest absolute Gasteiger partial charge is 0.264 e. The molecule has 0 unspecified atom stereocenters. The van der Waals surface area contributed by atoms with Crippen molar-refractivity contribution in [2.45, 2.75) is 11.3 Å². The molecule has 0 amide bonds. The number of rotatable bonds is 11. The van der Waals surface area contributed by atoms with Gasteiger partial charge in [-0.05, 0) is 60.2 Å². The second-order valence-electron chi connectivity index (χ2n) is 8.41. The predicted octanol–water partition coefficient (Wildman–Crippen LogP) is 6.50. The number of para-hydroxylation sites is 1. The highest BCUT2D eigenvalue weighted by Gasteiger charge is 2.29. The van der Waals surface area contributed by atoms with Crippen molar-refractivity contribution in [2.24, 2.45) is 0 Å². The summed E-state index contributed by atoms with van der Waals surface area (Å²) < 4.78 is 74.7. The van der Waals surface area contributed by atoms with Crippen LogP contribution in [0.5, 0.6) is 17.2 Å². The van der Waals surface area contributed by atoms with E-state index in [2.05, 4.69) is 0 Å². The van der Waals surface area contributed by atoms with Crippen molar-refractivity contribution in [2.75, 3.05) is 31.7 Å². The molecule has 0 aliphatic carbocycles. The van der Waals surface area contributed by atoms with E-state index in [1.807, 2.05) is 6.07 Å². The SMILES string of the molecule is COc1ccc(S(=O)(=O)N(CCOc2ccccc2)c2ccc(Cl)cc2Cc2c(F)cccc2F)cc1OC. The molecule has 4 aromatic rings. The van der Waals surface area contributed by atoms with Gasteiger partial charge in [-0.3, -0.25) is 4.31 Å². The van der Waals surface area contributed by atoms with Crippen LogP contribution in [-0.2, 0) is 16.4 Å². The zero-order valence-electron chi connectivity index (χ0n) is 21.2. The molecule has 0 N–H and O–H groups in total. The third-order valence-corrected chi connectivity index (χ3v) is 8.03. The highest BCUT2D eigenvalue weighted by Crippen LogP contribution is 2.35. The number of methoxy groups -OCH3 is 2. The van der Waals surface area contributed by atoms with Crippen LogP contribution >= 0.6 is 11.6 Å². The fourth-order valence-corrected chi connectivity index (χ4v) is 5.77. The van der Waals surface area contributed by atoms with Gasteiger partial charge in [0, 0.05) is 23.1 Å². The first-order valence-corrected chi connectivity index (χ1v) is 13.7. The lowest BCUT2D eigenvalue weighted by molar-refractivity contribution is 0.328. The van der Waals surface area contributed by atoms with Crippen LogP contribution in [0.25, 0.3) is 0 Å². The summed E-state index contributed by atoms with van der Waals surface area (Å²) in [6, 6.07) is 21.3. The molecule has 0 saturated carbocycles. The topological polar surface area (TPSA) is 65.1 Å². The number of anilines is 1. The van der Waals surface area contributed by atoms with Gasteiger partial charge in [-0.25, -0.2) is 17.2 Å². The van der Waals surface area contributed by atoms with Crippen LogP contribution in [0.3, 0.4) is 0 Å². The van der Waals surface area contributed by atoms with E-state index in [1.54, 1.807) is 24.3 Å². The first-order chi connectivity index (χ1) is 18.7. The average Bonchev–Trinajstić information content (AvgIpc) is 2.93. The summed E-state index contributed by atoms with van der Waals surface area (Å²) in [5.41, 5.74) is 0.314. The van der Waals surface area contributed by atoms with Crippen LogP contribution < -0.4 is 18.5 Å². The molecule has 0 heterocycles. The van der Waals surface area contributed by atoms with Crippen LogP contribution in [0.4, 0.5) is 14.5 Å². The van der Waals surface area contributed by atoms with Crippen molar-refractivity contribution in [1.82, 2.24) is 0 Å². The Balaban J connectivity index is 1.79. The normalized spacial score (nSPS) is 11.2. The quantitative estimate of drug-likeness (QED) is 0.205. The van der Waals surface area contributed by atoms with Crippen LogP contribution in [0, 0.1) is 11.6 Å². The molecule has 39 heavy (non-hydrogen) atoms. The van der Waals surface area contributed by atoms with Crippen molar-refractivity contribution < 1.29 is 31.4 Å². The minimum absolute atomic E-state index is 0.00728. The molecular formula is C29H26ClF2NO5S. The molecule has 0 radical (unpaired) electrons. The average molecular weight is 574 g/mol. The Morgan fingerprint density at radius 1 is 0.821 bits per heavy atom. The Bertz CT molecular complexity index is 1530. The minimum Gasteiger partial charge on any atom is -0.493 e. The second kappa shape index (κ2) is 12.4. The Kier molecular flexibility index (Phi) is 8.93. The summed E-state index contributed by atoms with van der Waals surface area (Å²) in [6.07, 6.45) is -0.230. The van der Waals surface area contributed by atoms with Crippen molar-refractivity contribution in [1.29, 1.82) is 0 Å². The molecule has 0 saturated heterocycles. The summed E-state index contributed by atoms with van der Waals surface area (Å²) in [4.78, 5) is -0.0715. The number of nitrogens with zero attached hydrogens (tertiary/aromatic N) is 1. The van der Waals surface area contributed by atoms with Crippen molar-refractivity contribution in [3.05, 3.63) is 113 Å². The molecule has 204 valence electrons. The minimum atomic E-state index is -4.23. The summed E-state index contributed by atoms with van der Waals surface area (Å²) in [6.45, 7) is -0.118. The largest absolute Gasteiger partial charge is 0.493 e. The van der Waals surface area contributed by atoms with Gasteiger partial charge in [0.2, 0.25) is 0 Å². The van der Waals surface area contributed by atoms with Gasteiger partial charge in [0.1, 0.15) is 24.0 Å². The molecule has 10 heteroatoms. The lowest BCUT2D eigenvalue weighted by Crippen LogP contribution is -2.35. The van der Waals surface area contributed by atoms with E-state index in [1.165, 1.54) is 56.7 Å². The van der Waals surface area contributed by atoms with Gasteiger partial charge in [0.15, 0.2) is 11.5 Å². The first-order valence-electron chi connectivity index (χ1n) is 11.9. The van der Waals surface area contributed by atoms with Crippen LogP contribution in [0.2, 0.25) is 5.02 Å². The van der Waals surface area contributed by atoms with E-state index in [9.17, 15) is 17.2 Å². The molecule has 0 spiro atoms. The van der Waals surface area contributed by atoms with Crippen molar-refractivity contribution in [3.63, 3.8) is 0 Å². The molecule has 0 aliphatic heterocycles. The summed E-state index contributed by atoms with van der Waals surface area (Å²) in [5, 5.41) is 0.287. The van der Waals surface area contributed by atoms with E-state index < -0.39 is 21.7 Å². The maximum Gasteiger partial charge on any atom is 0.264 e. The highest BCUT2D eigenvalue weighted by molar-refractivity contribution is 7.92. The van der Waals surface area contributed by atoms with Gasteiger partial charge in [-0.1, -0.05) is 35.9 Å². The number of benzene rings is 4. The van der Waals surface area contributed by atoms with Crippen LogP contribution in [0.1, 0.15) is 11.1 Å². The van der Waals surface area contributed by atoms with E-state index >= 15 is 0 Å². The monoisotopic (exact) mass is 573 g/mol. The molecule has 0 bridgehead atoms. The fraction of sp³-hybridized carbons (Fsp3) is 0.172. The Labute approximate surface area is 231 Å². The Morgan fingerprint density at radius 3 is 2.18 bits per heavy atom. The molecule has 0 atom stereocenters. The summed E-state index contributed by atoms with van der Waals surface area (Å²) in [5.74, 6) is -0.350. The summed E-state index contributed by atoms with van der Waals surface area (Å²) >= 11 is 6.25. The Morgan fingerprint density at radius 2 is 1.51 bits per heavy atom. The molecule has 0 fully saturated rings. The van der Waals surface area contributed by atoms with Gasteiger partial charge in [0.05, 0.1) is 31.3 Å². The number of hydrogen-bond acceptors (Lipinski definition) is 5.